The van der Waals surface area contributed by atoms with Gasteiger partial charge in [-0.2, -0.15) is 0 Å². The first-order valence-electron chi connectivity index (χ1n) is 5.01. The number of halogens is 1. The third-order valence-corrected chi connectivity index (χ3v) is 4.25. The lowest BCUT2D eigenvalue weighted by Crippen LogP contribution is -2.29. The van der Waals surface area contributed by atoms with Gasteiger partial charge < -0.3 is 5.11 Å². The lowest BCUT2D eigenvalue weighted by molar-refractivity contribution is -0.0317. The van der Waals surface area contributed by atoms with E-state index in [9.17, 15) is 17.9 Å². The second-order valence-electron chi connectivity index (χ2n) is 3.85. The first-order valence-corrected chi connectivity index (χ1v) is 6.45. The summed E-state index contributed by atoms with van der Waals surface area (Å²) in [4.78, 5) is 4.71. The molecule has 1 aromatic rings. The van der Waals surface area contributed by atoms with E-state index >= 15 is 0 Å². The van der Waals surface area contributed by atoms with Crippen molar-refractivity contribution in [1.82, 2.24) is 4.47 Å². The molecule has 17 heavy (non-hydrogen) atoms. The van der Waals surface area contributed by atoms with Crippen LogP contribution in [-0.4, -0.2) is 37.2 Å². The van der Waals surface area contributed by atoms with Gasteiger partial charge in [0.05, 0.1) is 24.2 Å². The molecule has 0 unspecified atom stereocenters. The number of aliphatic hydroxyl groups is 1. The number of hydroxylamine groups is 1. The van der Waals surface area contributed by atoms with Gasteiger partial charge in [-0.3, -0.25) is 4.84 Å². The normalized spacial score (nSPS) is 21.9. The van der Waals surface area contributed by atoms with Crippen LogP contribution in [0.1, 0.15) is 5.56 Å². The summed E-state index contributed by atoms with van der Waals surface area (Å²) in [7, 11) is -3.91. The summed E-state index contributed by atoms with van der Waals surface area (Å²) in [5, 5.41) is 9.23. The number of sulfonamides is 1. The number of aryl methyl sites for hydroxylation is 1. The van der Waals surface area contributed by atoms with Gasteiger partial charge in [0.1, 0.15) is 5.82 Å². The minimum Gasteiger partial charge on any atom is -0.389 e. The molecule has 94 valence electrons. The summed E-state index contributed by atoms with van der Waals surface area (Å²) >= 11 is 0. The van der Waals surface area contributed by atoms with E-state index in [1.54, 1.807) is 6.92 Å². The van der Waals surface area contributed by atoms with E-state index in [0.717, 1.165) is 6.07 Å². The SMILES string of the molecule is Cc1ccc(F)cc1S(=O)(=O)N1C[C@H](O)CO1. The van der Waals surface area contributed by atoms with E-state index in [-0.39, 0.29) is 18.0 Å². The Morgan fingerprint density at radius 2 is 2.24 bits per heavy atom. The van der Waals surface area contributed by atoms with Crippen molar-refractivity contribution in [2.45, 2.75) is 17.9 Å². The lowest BCUT2D eigenvalue weighted by Gasteiger charge is -2.15. The van der Waals surface area contributed by atoms with Crippen molar-refractivity contribution < 1.29 is 22.8 Å². The minimum atomic E-state index is -3.91. The van der Waals surface area contributed by atoms with Gasteiger partial charge in [-0.25, -0.2) is 12.8 Å². The molecule has 0 bridgehead atoms. The van der Waals surface area contributed by atoms with Crippen LogP contribution in [0.2, 0.25) is 0 Å². The van der Waals surface area contributed by atoms with E-state index in [4.69, 9.17) is 4.84 Å². The molecule has 1 saturated heterocycles. The molecule has 1 aromatic carbocycles. The van der Waals surface area contributed by atoms with Crippen LogP contribution >= 0.6 is 0 Å². The van der Waals surface area contributed by atoms with Gasteiger partial charge in [0.25, 0.3) is 10.0 Å². The number of hydrogen-bond acceptors (Lipinski definition) is 4. The molecular weight excluding hydrogens is 249 g/mol. The number of hydrogen-bond donors (Lipinski definition) is 1. The predicted molar refractivity (Wildman–Crippen MR) is 57.0 cm³/mol. The van der Waals surface area contributed by atoms with Crippen molar-refractivity contribution in [1.29, 1.82) is 0 Å². The zero-order valence-electron chi connectivity index (χ0n) is 9.13. The largest absolute Gasteiger partial charge is 0.389 e. The van der Waals surface area contributed by atoms with Crippen molar-refractivity contribution in [3.05, 3.63) is 29.6 Å². The van der Waals surface area contributed by atoms with Crippen LogP contribution in [0.25, 0.3) is 0 Å². The van der Waals surface area contributed by atoms with E-state index in [2.05, 4.69) is 0 Å². The number of aliphatic hydroxyl groups excluding tert-OH is 1. The predicted octanol–water partition coefficient (Wildman–Crippen LogP) is 0.431. The quantitative estimate of drug-likeness (QED) is 0.838. The third-order valence-electron chi connectivity index (χ3n) is 2.47. The van der Waals surface area contributed by atoms with Crippen molar-refractivity contribution in [3.63, 3.8) is 0 Å². The Labute approximate surface area is 98.4 Å². The monoisotopic (exact) mass is 261 g/mol. The highest BCUT2D eigenvalue weighted by Crippen LogP contribution is 2.23. The minimum absolute atomic E-state index is 0.0758. The van der Waals surface area contributed by atoms with Crippen molar-refractivity contribution >= 4 is 10.0 Å². The fourth-order valence-corrected chi connectivity index (χ4v) is 3.10. The van der Waals surface area contributed by atoms with Gasteiger partial charge in [0.15, 0.2) is 0 Å². The topological polar surface area (TPSA) is 66.8 Å². The van der Waals surface area contributed by atoms with Crippen LogP contribution in [0.4, 0.5) is 4.39 Å². The molecule has 2 rings (SSSR count). The fourth-order valence-electron chi connectivity index (χ4n) is 1.58. The van der Waals surface area contributed by atoms with E-state index in [1.165, 1.54) is 12.1 Å². The average Bonchev–Trinajstić information content (AvgIpc) is 2.69. The molecule has 1 N–H and O–H groups in total. The number of benzene rings is 1. The van der Waals surface area contributed by atoms with E-state index in [1.807, 2.05) is 0 Å². The molecular formula is C10H12FNO4S. The van der Waals surface area contributed by atoms with Crippen LogP contribution in [0.3, 0.4) is 0 Å². The summed E-state index contributed by atoms with van der Waals surface area (Å²) in [5.41, 5.74) is 0.427. The van der Waals surface area contributed by atoms with Crippen LogP contribution in [0.15, 0.2) is 23.1 Å². The zero-order chi connectivity index (χ0) is 12.6. The fraction of sp³-hybridized carbons (Fsp3) is 0.400. The molecule has 1 aliphatic heterocycles. The van der Waals surface area contributed by atoms with Gasteiger partial charge in [-0.1, -0.05) is 10.5 Å². The summed E-state index contributed by atoms with van der Waals surface area (Å²) in [6.45, 7) is 1.35. The Hall–Kier alpha value is -1.02. The van der Waals surface area contributed by atoms with Gasteiger partial charge in [0.2, 0.25) is 0 Å². The molecule has 0 amide bonds. The Morgan fingerprint density at radius 1 is 1.53 bits per heavy atom. The highest BCUT2D eigenvalue weighted by atomic mass is 32.2. The third kappa shape index (κ3) is 2.32. The zero-order valence-corrected chi connectivity index (χ0v) is 9.95. The lowest BCUT2D eigenvalue weighted by atomic mass is 10.2. The van der Waals surface area contributed by atoms with Crippen LogP contribution < -0.4 is 0 Å². The molecule has 0 spiro atoms. The Balaban J connectivity index is 2.41. The molecule has 1 heterocycles. The number of β-amino-alcohol motifs (C(OH)–C–C–N with tert-alkyl or cyclic N) is 1. The molecule has 1 atom stereocenters. The van der Waals surface area contributed by atoms with E-state index < -0.39 is 21.9 Å². The average molecular weight is 261 g/mol. The van der Waals surface area contributed by atoms with Crippen LogP contribution in [0.5, 0.6) is 0 Å². The van der Waals surface area contributed by atoms with Crippen molar-refractivity contribution in [3.8, 4) is 0 Å². The molecule has 5 nitrogen and oxygen atoms in total. The Bertz CT molecular complexity index is 531. The highest BCUT2D eigenvalue weighted by molar-refractivity contribution is 7.89. The summed E-state index contributed by atoms with van der Waals surface area (Å²) in [6.07, 6.45) is -0.848. The van der Waals surface area contributed by atoms with Crippen LogP contribution in [0, 0.1) is 12.7 Å². The maximum atomic E-state index is 13.1. The molecule has 1 aliphatic rings. The van der Waals surface area contributed by atoms with Crippen LogP contribution in [-0.2, 0) is 14.9 Å². The Morgan fingerprint density at radius 3 is 2.82 bits per heavy atom. The first-order chi connectivity index (χ1) is 7.91. The first kappa shape index (κ1) is 12.4. The second-order valence-corrected chi connectivity index (χ2v) is 5.65. The molecule has 7 heteroatoms. The second kappa shape index (κ2) is 4.34. The van der Waals surface area contributed by atoms with Crippen molar-refractivity contribution in [2.75, 3.05) is 13.2 Å². The molecule has 1 fully saturated rings. The van der Waals surface area contributed by atoms with Gasteiger partial charge in [-0.15, -0.1) is 0 Å². The molecule has 0 radical (unpaired) electrons. The summed E-state index contributed by atoms with van der Waals surface area (Å²) in [5.74, 6) is -0.631. The highest BCUT2D eigenvalue weighted by Gasteiger charge is 2.34. The number of rotatable bonds is 2. The van der Waals surface area contributed by atoms with Gasteiger partial charge in [0, 0.05) is 0 Å². The summed E-state index contributed by atoms with van der Waals surface area (Å²) in [6, 6.07) is 3.52. The van der Waals surface area contributed by atoms with Crippen molar-refractivity contribution in [2.24, 2.45) is 0 Å². The Kier molecular flexibility index (Phi) is 3.17. The van der Waals surface area contributed by atoms with E-state index in [0.29, 0.717) is 10.0 Å². The van der Waals surface area contributed by atoms with Gasteiger partial charge >= 0.3 is 0 Å². The van der Waals surface area contributed by atoms with Gasteiger partial charge in [-0.05, 0) is 24.6 Å². The maximum absolute atomic E-state index is 13.1. The standard InChI is InChI=1S/C10H12FNO4S/c1-7-2-3-8(11)4-10(7)17(14,15)12-5-9(13)6-16-12/h2-4,9,13H,5-6H2,1H3/t9-/m0/s1. The summed E-state index contributed by atoms with van der Waals surface area (Å²) < 4.78 is 37.9. The molecule has 0 aliphatic carbocycles. The number of nitrogens with zero attached hydrogens (tertiary/aromatic N) is 1. The maximum Gasteiger partial charge on any atom is 0.265 e. The molecule has 0 saturated carbocycles. The smallest absolute Gasteiger partial charge is 0.265 e. The molecule has 0 aromatic heterocycles.